The smallest absolute Gasteiger partial charge is 0.113 e. The molecule has 0 aromatic heterocycles. The van der Waals surface area contributed by atoms with Gasteiger partial charge in [0, 0.05) is 5.41 Å². The van der Waals surface area contributed by atoms with Crippen molar-refractivity contribution in [2.24, 2.45) is 39.9 Å². The van der Waals surface area contributed by atoms with Gasteiger partial charge in [-0.25, -0.2) is 0 Å². The van der Waals surface area contributed by atoms with Crippen LogP contribution in [-0.4, -0.2) is 34.1 Å². The quantitative estimate of drug-likeness (QED) is 0.505. The fourth-order valence-electron chi connectivity index (χ4n) is 8.82. The highest BCUT2D eigenvalue weighted by Crippen LogP contribution is 2.71. The number of aliphatic hydroxyl groups is 2. The Bertz CT molecular complexity index is 715. The molecule has 28 heavy (non-hydrogen) atoms. The van der Waals surface area contributed by atoms with Gasteiger partial charge in [-0.2, -0.15) is 0 Å². The Kier molecular flexibility index (Phi) is 3.95. The normalized spacial score (nSPS) is 60.2. The first-order valence-corrected chi connectivity index (χ1v) is 11.7. The van der Waals surface area contributed by atoms with Gasteiger partial charge in [-0.05, 0) is 80.0 Å². The largest absolute Gasteiger partial charge is 0.392 e. The highest BCUT2D eigenvalue weighted by atomic mass is 16.6. The molecule has 3 nitrogen and oxygen atoms in total. The van der Waals surface area contributed by atoms with E-state index in [-0.39, 0.29) is 22.5 Å². The topological polar surface area (TPSA) is 53.0 Å². The predicted molar refractivity (Wildman–Crippen MR) is 111 cm³/mol. The molecule has 3 saturated carbocycles. The molecular formula is C25H40O3. The van der Waals surface area contributed by atoms with Crippen LogP contribution in [0.4, 0.5) is 0 Å². The Balaban J connectivity index is 1.59. The van der Waals surface area contributed by atoms with Crippen LogP contribution in [0.15, 0.2) is 11.6 Å². The lowest BCUT2D eigenvalue weighted by atomic mass is 9.41. The van der Waals surface area contributed by atoms with Crippen molar-refractivity contribution in [2.45, 2.75) is 104 Å². The molecule has 2 N–H and O–H groups in total. The van der Waals surface area contributed by atoms with Gasteiger partial charge < -0.3 is 14.9 Å². The molecular weight excluding hydrogens is 348 g/mol. The number of rotatable bonds is 1. The third-order valence-corrected chi connectivity index (χ3v) is 10.7. The van der Waals surface area contributed by atoms with E-state index < -0.39 is 17.6 Å². The van der Waals surface area contributed by atoms with Gasteiger partial charge in [0.05, 0.1) is 17.8 Å². The van der Waals surface area contributed by atoms with Crippen molar-refractivity contribution in [3.8, 4) is 0 Å². The van der Waals surface area contributed by atoms with E-state index in [9.17, 15) is 10.2 Å². The van der Waals surface area contributed by atoms with E-state index in [0.717, 1.165) is 25.7 Å². The minimum Gasteiger partial charge on any atom is -0.392 e. The lowest BCUT2D eigenvalue weighted by Crippen LogP contribution is -2.63. The Labute approximate surface area is 170 Å². The predicted octanol–water partition coefficient (Wildman–Crippen LogP) is 4.71. The molecule has 0 aromatic carbocycles. The fraction of sp³-hybridized carbons (Fsp3) is 0.920. The van der Waals surface area contributed by atoms with Crippen LogP contribution in [0.1, 0.15) is 80.1 Å². The third-order valence-electron chi connectivity index (χ3n) is 10.7. The maximum absolute atomic E-state index is 11.5. The zero-order chi connectivity index (χ0) is 20.3. The SMILES string of the molecule is CC(C)C1CCC2(C)C1=CCC1(C)[C@H]2CC(O)C2(C)C(O)[C@H]3O[C@@]3(C)CC[C@@H]21. The highest BCUT2D eigenvalue weighted by molar-refractivity contribution is 5.32. The van der Waals surface area contributed by atoms with E-state index in [1.807, 2.05) is 0 Å². The summed E-state index contributed by atoms with van der Waals surface area (Å²) in [7, 11) is 0. The monoisotopic (exact) mass is 388 g/mol. The Morgan fingerprint density at radius 2 is 1.75 bits per heavy atom. The second-order valence-corrected chi connectivity index (χ2v) is 12.2. The molecule has 0 spiro atoms. The van der Waals surface area contributed by atoms with E-state index in [0.29, 0.717) is 23.7 Å². The summed E-state index contributed by atoms with van der Waals surface area (Å²) in [6.07, 6.45) is 8.02. The molecule has 6 unspecified atom stereocenters. The molecule has 0 aromatic rings. The molecule has 4 fully saturated rings. The lowest BCUT2D eigenvalue weighted by Gasteiger charge is -2.64. The number of fused-ring (bicyclic) bond motifs is 6. The molecule has 0 radical (unpaired) electrons. The fourth-order valence-corrected chi connectivity index (χ4v) is 8.82. The number of hydrogen-bond donors (Lipinski definition) is 2. The average molecular weight is 389 g/mol. The number of aliphatic hydroxyl groups excluding tert-OH is 2. The molecule has 158 valence electrons. The van der Waals surface area contributed by atoms with Crippen LogP contribution in [0.3, 0.4) is 0 Å². The maximum Gasteiger partial charge on any atom is 0.113 e. The van der Waals surface area contributed by atoms with Crippen molar-refractivity contribution in [3.05, 3.63) is 11.6 Å². The van der Waals surface area contributed by atoms with Crippen LogP contribution in [0, 0.1) is 39.9 Å². The Morgan fingerprint density at radius 3 is 2.43 bits per heavy atom. The van der Waals surface area contributed by atoms with Gasteiger partial charge in [0.15, 0.2) is 0 Å². The average Bonchev–Trinajstić information content (AvgIpc) is 3.17. The molecule has 1 heterocycles. The molecule has 0 amide bonds. The van der Waals surface area contributed by atoms with E-state index in [4.69, 9.17) is 4.74 Å². The lowest BCUT2D eigenvalue weighted by molar-refractivity contribution is -0.206. The molecule has 10 atom stereocenters. The van der Waals surface area contributed by atoms with Crippen molar-refractivity contribution in [2.75, 3.05) is 0 Å². The summed E-state index contributed by atoms with van der Waals surface area (Å²) in [5.41, 5.74) is 1.40. The summed E-state index contributed by atoms with van der Waals surface area (Å²) in [4.78, 5) is 0. The minimum absolute atomic E-state index is 0.0978. The van der Waals surface area contributed by atoms with Crippen LogP contribution >= 0.6 is 0 Å². The second kappa shape index (κ2) is 5.65. The first kappa shape index (κ1) is 19.6. The van der Waals surface area contributed by atoms with E-state index in [2.05, 4.69) is 47.6 Å². The van der Waals surface area contributed by atoms with Crippen LogP contribution in [0.25, 0.3) is 0 Å². The standard InChI is InChI=1S/C25H40O3/c1-14(2)15-7-10-22(3)16(15)8-11-23(4)17-9-12-24(5)21(28-24)20(27)25(17,6)19(26)13-18(22)23/h8,14-15,17-21,26-27H,7,9-13H2,1-6H3/t15?,17-,18+,19?,20?,21-,22?,23?,24+,25?/m1/s1. The van der Waals surface area contributed by atoms with E-state index >= 15 is 0 Å². The van der Waals surface area contributed by atoms with Gasteiger partial charge in [-0.1, -0.05) is 46.3 Å². The van der Waals surface area contributed by atoms with Crippen LogP contribution in [0.5, 0.6) is 0 Å². The van der Waals surface area contributed by atoms with Crippen molar-refractivity contribution >= 4 is 0 Å². The molecule has 5 rings (SSSR count). The molecule has 5 aliphatic rings. The number of allylic oxidation sites excluding steroid dienone is 2. The van der Waals surface area contributed by atoms with Gasteiger partial charge in [0.1, 0.15) is 6.10 Å². The van der Waals surface area contributed by atoms with E-state index in [1.54, 1.807) is 5.57 Å². The summed E-state index contributed by atoms with van der Waals surface area (Å²) in [5, 5.41) is 22.9. The molecule has 0 bridgehead atoms. The first-order chi connectivity index (χ1) is 13.0. The molecule has 3 heteroatoms. The number of ether oxygens (including phenoxy) is 1. The van der Waals surface area contributed by atoms with Crippen LogP contribution in [0.2, 0.25) is 0 Å². The van der Waals surface area contributed by atoms with Gasteiger partial charge in [0.2, 0.25) is 0 Å². The highest BCUT2D eigenvalue weighted by Gasteiger charge is 2.71. The summed E-state index contributed by atoms with van der Waals surface area (Å²) < 4.78 is 5.95. The maximum atomic E-state index is 11.5. The van der Waals surface area contributed by atoms with Gasteiger partial charge in [0.25, 0.3) is 0 Å². The minimum atomic E-state index is -0.567. The Hall–Kier alpha value is -0.380. The molecule has 1 saturated heterocycles. The van der Waals surface area contributed by atoms with Crippen LogP contribution in [-0.2, 0) is 4.74 Å². The third kappa shape index (κ3) is 2.17. The first-order valence-electron chi connectivity index (χ1n) is 11.7. The molecule has 1 aliphatic heterocycles. The summed E-state index contributed by atoms with van der Waals surface area (Å²) in [6.45, 7) is 14.0. The summed E-state index contributed by atoms with van der Waals surface area (Å²) >= 11 is 0. The van der Waals surface area contributed by atoms with Crippen molar-refractivity contribution in [3.63, 3.8) is 0 Å². The van der Waals surface area contributed by atoms with E-state index in [1.165, 1.54) is 12.8 Å². The zero-order valence-electron chi connectivity index (χ0n) is 18.7. The Morgan fingerprint density at radius 1 is 1.04 bits per heavy atom. The van der Waals surface area contributed by atoms with Crippen molar-refractivity contribution in [1.29, 1.82) is 0 Å². The summed E-state index contributed by atoms with van der Waals surface area (Å²) in [5.74, 6) is 2.25. The number of epoxide rings is 1. The number of hydrogen-bond acceptors (Lipinski definition) is 3. The van der Waals surface area contributed by atoms with Gasteiger partial charge >= 0.3 is 0 Å². The van der Waals surface area contributed by atoms with Crippen molar-refractivity contribution < 1.29 is 14.9 Å². The van der Waals surface area contributed by atoms with Crippen LogP contribution < -0.4 is 0 Å². The van der Waals surface area contributed by atoms with Gasteiger partial charge in [-0.15, -0.1) is 0 Å². The second-order valence-electron chi connectivity index (χ2n) is 12.2. The molecule has 4 aliphatic carbocycles. The van der Waals surface area contributed by atoms with Gasteiger partial charge in [-0.3, -0.25) is 0 Å². The van der Waals surface area contributed by atoms with Crippen molar-refractivity contribution in [1.82, 2.24) is 0 Å². The zero-order valence-corrected chi connectivity index (χ0v) is 18.7. The summed E-state index contributed by atoms with van der Waals surface area (Å²) in [6, 6.07) is 0.